The van der Waals surface area contributed by atoms with E-state index in [1.807, 2.05) is 29.5 Å². The summed E-state index contributed by atoms with van der Waals surface area (Å²) in [6.45, 7) is 9.31. The highest BCUT2D eigenvalue weighted by Crippen LogP contribution is 2.51. The number of pyridine rings is 1. The first-order valence-corrected chi connectivity index (χ1v) is 15.5. The van der Waals surface area contributed by atoms with E-state index in [1.54, 1.807) is 0 Å². The lowest BCUT2D eigenvalue weighted by atomic mass is 9.77. The Hall–Kier alpha value is -4.67. The first kappa shape index (κ1) is 24.0. The van der Waals surface area contributed by atoms with Crippen LogP contribution in [0.1, 0.15) is 32.3 Å². The average Bonchev–Trinajstić information content (AvgIpc) is 3.73. The Balaban J connectivity index is 1.28. The van der Waals surface area contributed by atoms with E-state index in [2.05, 4.69) is 97.4 Å². The minimum absolute atomic E-state index is 0.145. The lowest BCUT2D eigenvalue weighted by molar-refractivity contribution is -0.740. The lowest BCUT2D eigenvalue weighted by Gasteiger charge is -2.33. The zero-order chi connectivity index (χ0) is 28.2. The molecule has 0 amide bonds. The molecule has 0 saturated heterocycles. The maximum Gasteiger partial charge on any atom is 0.231 e. The molecule has 4 heteroatoms. The van der Waals surface area contributed by atoms with Crippen molar-refractivity contribution in [1.82, 2.24) is 0 Å². The molecule has 0 atom stereocenters. The van der Waals surface area contributed by atoms with Gasteiger partial charge in [-0.15, -0.1) is 11.3 Å². The maximum absolute atomic E-state index is 6.32. The van der Waals surface area contributed by atoms with Crippen LogP contribution in [0.2, 0.25) is 0 Å². The lowest BCUT2D eigenvalue weighted by Crippen LogP contribution is -2.59. The molecule has 3 nitrogen and oxygen atoms in total. The van der Waals surface area contributed by atoms with Crippen LogP contribution < -0.4 is 4.57 Å². The van der Waals surface area contributed by atoms with Gasteiger partial charge in [0.2, 0.25) is 5.69 Å². The van der Waals surface area contributed by atoms with Gasteiger partial charge < -0.3 is 8.83 Å². The van der Waals surface area contributed by atoms with Gasteiger partial charge in [-0.2, -0.15) is 4.57 Å². The van der Waals surface area contributed by atoms with Gasteiger partial charge in [-0.05, 0) is 53.4 Å². The van der Waals surface area contributed by atoms with Crippen molar-refractivity contribution in [1.29, 1.82) is 0 Å². The van der Waals surface area contributed by atoms with E-state index in [-0.39, 0.29) is 5.54 Å². The molecule has 4 aromatic heterocycles. The molecular formula is C38H28NO2S+. The van der Waals surface area contributed by atoms with E-state index in [0.29, 0.717) is 0 Å². The van der Waals surface area contributed by atoms with Gasteiger partial charge in [-0.3, -0.25) is 0 Å². The third-order valence-electron chi connectivity index (χ3n) is 9.58. The van der Waals surface area contributed by atoms with Crippen LogP contribution in [0.15, 0.2) is 113 Å². The molecule has 8 aromatic rings. The number of nitrogens with zero attached hydrogens (tertiary/aromatic N) is 1. The van der Waals surface area contributed by atoms with Crippen LogP contribution >= 0.6 is 11.3 Å². The van der Waals surface area contributed by atoms with Gasteiger partial charge in [0.15, 0.2) is 11.7 Å². The van der Waals surface area contributed by atoms with Gasteiger partial charge in [-0.1, -0.05) is 56.8 Å². The van der Waals surface area contributed by atoms with Crippen LogP contribution in [0.4, 0.5) is 0 Å². The van der Waals surface area contributed by atoms with Crippen molar-refractivity contribution >= 4 is 71.6 Å². The van der Waals surface area contributed by atoms with Crippen molar-refractivity contribution in [3.05, 3.63) is 109 Å². The largest absolute Gasteiger partial charge is 0.456 e. The molecule has 5 heterocycles. The summed E-state index contributed by atoms with van der Waals surface area (Å²) in [5.41, 5.74) is 8.33. The summed E-state index contributed by atoms with van der Waals surface area (Å²) in [4.78, 5) is 2.54. The first-order valence-electron chi connectivity index (χ1n) is 14.7. The summed E-state index contributed by atoms with van der Waals surface area (Å²) in [7, 11) is 0. The molecule has 0 unspecified atom stereocenters. The topological polar surface area (TPSA) is 30.2 Å². The summed E-state index contributed by atoms with van der Waals surface area (Å²) in [6.07, 6.45) is 4.27. The number of hydrogen-bond donors (Lipinski definition) is 0. The molecule has 202 valence electrons. The number of allylic oxidation sites excluding steroid dienone is 1. The second-order valence-electron chi connectivity index (χ2n) is 11.4. The Kier molecular flexibility index (Phi) is 4.81. The number of benzene rings is 4. The number of rotatable bonds is 3. The quantitative estimate of drug-likeness (QED) is 0.201. The second-order valence-corrected chi connectivity index (χ2v) is 12.5. The molecule has 4 aromatic carbocycles. The van der Waals surface area contributed by atoms with E-state index in [0.717, 1.165) is 56.7 Å². The summed E-state index contributed by atoms with van der Waals surface area (Å²) in [5, 5.41) is 7.04. The number of para-hydroxylation sites is 1. The minimum atomic E-state index is -0.145. The van der Waals surface area contributed by atoms with E-state index >= 15 is 0 Å². The van der Waals surface area contributed by atoms with Gasteiger partial charge in [0, 0.05) is 62.5 Å². The van der Waals surface area contributed by atoms with Gasteiger partial charge in [0.1, 0.15) is 27.2 Å². The molecule has 0 N–H and O–H groups in total. The highest BCUT2D eigenvalue weighted by atomic mass is 32.1. The molecule has 1 aliphatic heterocycles. The molecule has 0 fully saturated rings. The van der Waals surface area contributed by atoms with Gasteiger partial charge >= 0.3 is 0 Å². The molecule has 0 bridgehead atoms. The molecule has 1 aliphatic rings. The van der Waals surface area contributed by atoms with Crippen LogP contribution in [0, 0.1) is 0 Å². The Labute approximate surface area is 246 Å². The van der Waals surface area contributed by atoms with Crippen molar-refractivity contribution in [3.63, 3.8) is 0 Å². The zero-order valence-electron chi connectivity index (χ0n) is 23.5. The van der Waals surface area contributed by atoms with Crippen molar-refractivity contribution in [2.24, 2.45) is 0 Å². The fourth-order valence-corrected chi connectivity index (χ4v) is 8.54. The molecule has 0 spiro atoms. The Bertz CT molecular complexity index is 2410. The third-order valence-corrected chi connectivity index (χ3v) is 10.8. The van der Waals surface area contributed by atoms with E-state index in [9.17, 15) is 0 Å². The number of fused-ring (bicyclic) bond motifs is 11. The van der Waals surface area contributed by atoms with Crippen LogP contribution in [0.3, 0.4) is 0 Å². The number of furan rings is 2. The highest BCUT2D eigenvalue weighted by molar-refractivity contribution is 7.19. The maximum atomic E-state index is 6.32. The molecule has 0 saturated carbocycles. The van der Waals surface area contributed by atoms with Crippen LogP contribution in [-0.4, -0.2) is 0 Å². The predicted molar refractivity (Wildman–Crippen MR) is 175 cm³/mol. The summed E-state index contributed by atoms with van der Waals surface area (Å²) in [5.74, 6) is 0. The van der Waals surface area contributed by atoms with Crippen LogP contribution in [-0.2, 0) is 5.54 Å². The molecule has 42 heavy (non-hydrogen) atoms. The summed E-state index contributed by atoms with van der Waals surface area (Å²) < 4.78 is 15.0. The molecule has 0 aliphatic carbocycles. The second kappa shape index (κ2) is 8.43. The van der Waals surface area contributed by atoms with Crippen molar-refractivity contribution in [3.8, 4) is 21.0 Å². The minimum Gasteiger partial charge on any atom is -0.456 e. The SMILES string of the molecule is C=C1c2cc(-c3ccc4oc5cc6oc7ccccc7c6cc5c4c3)sc2-c2c3ccccc3cc[n+]2C1(CC)CC. The molecule has 9 rings (SSSR count). The van der Waals surface area contributed by atoms with Crippen LogP contribution in [0.5, 0.6) is 0 Å². The zero-order valence-corrected chi connectivity index (χ0v) is 24.3. The van der Waals surface area contributed by atoms with E-state index in [1.165, 1.54) is 42.9 Å². The predicted octanol–water partition coefficient (Wildman–Crippen LogP) is 10.9. The standard InChI is InChI=1S/C38H28NO2S/c1-4-38(5-2)22(3)27-20-35(42-37(27)36-25-11-7-6-10-23(25)16-17-39(36)38)24-14-15-32-28(18-24)30-19-29-26-12-8-9-13-31(26)40-33(29)21-34(30)41-32/h6-21H,3-5H2,1-2H3/q+1. The Morgan fingerprint density at radius 1 is 0.690 bits per heavy atom. The van der Waals surface area contributed by atoms with Crippen molar-refractivity contribution in [2.45, 2.75) is 32.2 Å². The number of aromatic nitrogens is 1. The Morgan fingerprint density at radius 2 is 1.38 bits per heavy atom. The Morgan fingerprint density at radius 3 is 2.19 bits per heavy atom. The summed E-state index contributed by atoms with van der Waals surface area (Å²) in [6, 6.07) is 32.4. The highest BCUT2D eigenvalue weighted by Gasteiger charge is 2.48. The monoisotopic (exact) mass is 562 g/mol. The van der Waals surface area contributed by atoms with Crippen molar-refractivity contribution < 1.29 is 13.4 Å². The normalized spacial score (nSPS) is 14.4. The number of hydrogen-bond acceptors (Lipinski definition) is 3. The van der Waals surface area contributed by atoms with Gasteiger partial charge in [0.25, 0.3) is 0 Å². The fourth-order valence-electron chi connectivity index (χ4n) is 7.30. The van der Waals surface area contributed by atoms with Crippen LogP contribution in [0.25, 0.3) is 81.2 Å². The molecular weight excluding hydrogens is 534 g/mol. The smallest absolute Gasteiger partial charge is 0.231 e. The third kappa shape index (κ3) is 3.02. The fraction of sp³-hybridized carbons (Fsp3) is 0.132. The van der Waals surface area contributed by atoms with Gasteiger partial charge in [0.05, 0.1) is 5.39 Å². The van der Waals surface area contributed by atoms with E-state index < -0.39 is 0 Å². The van der Waals surface area contributed by atoms with Crippen molar-refractivity contribution in [2.75, 3.05) is 0 Å². The first-order chi connectivity index (χ1) is 20.6. The van der Waals surface area contributed by atoms with Gasteiger partial charge in [-0.25, -0.2) is 0 Å². The average molecular weight is 563 g/mol. The summed E-state index contributed by atoms with van der Waals surface area (Å²) >= 11 is 1.87. The van der Waals surface area contributed by atoms with E-state index in [4.69, 9.17) is 15.4 Å². The number of thiophene rings is 1. The molecule has 0 radical (unpaired) electrons.